The molecule has 0 rings (SSSR count). The van der Waals surface area contributed by atoms with Gasteiger partial charge < -0.3 is 15.1 Å². The van der Waals surface area contributed by atoms with Crippen molar-refractivity contribution in [3.8, 4) is 0 Å². The van der Waals surface area contributed by atoms with Gasteiger partial charge in [0.15, 0.2) is 0 Å². The molecule has 0 atom stereocenters. The first kappa shape index (κ1) is 15.9. The van der Waals surface area contributed by atoms with Gasteiger partial charge in [-0.2, -0.15) is 0 Å². The van der Waals surface area contributed by atoms with Crippen LogP contribution in [0, 0.1) is 0 Å². The van der Waals surface area contributed by atoms with Gasteiger partial charge in [-0.05, 0) is 59.5 Å². The number of nitrogens with one attached hydrogen (secondary N) is 1. The maximum atomic E-state index is 3.38. The molecule has 98 valence electrons. The fraction of sp³-hybridized carbons (Fsp3) is 1.00. The van der Waals surface area contributed by atoms with Crippen LogP contribution in [0.15, 0.2) is 0 Å². The Morgan fingerprint density at radius 1 is 0.875 bits per heavy atom. The SMILES string of the molecule is CCCN(CCCCNCC)CCN(C)C. The summed E-state index contributed by atoms with van der Waals surface area (Å²) < 4.78 is 0. The Hall–Kier alpha value is -0.120. The van der Waals surface area contributed by atoms with Crippen molar-refractivity contribution >= 4 is 0 Å². The Labute approximate surface area is 102 Å². The Morgan fingerprint density at radius 2 is 1.62 bits per heavy atom. The molecule has 0 saturated carbocycles. The van der Waals surface area contributed by atoms with Crippen LogP contribution in [0.2, 0.25) is 0 Å². The minimum atomic E-state index is 1.10. The lowest BCUT2D eigenvalue weighted by Crippen LogP contribution is -2.33. The van der Waals surface area contributed by atoms with E-state index in [0.717, 1.165) is 6.54 Å². The number of unbranched alkanes of at least 4 members (excludes halogenated alkanes) is 1. The van der Waals surface area contributed by atoms with E-state index in [1.807, 2.05) is 0 Å². The average molecular weight is 229 g/mol. The van der Waals surface area contributed by atoms with Crippen molar-refractivity contribution < 1.29 is 0 Å². The second kappa shape index (κ2) is 11.4. The summed E-state index contributed by atoms with van der Waals surface area (Å²) in [5, 5.41) is 3.38. The molecule has 0 aromatic carbocycles. The van der Waals surface area contributed by atoms with Crippen molar-refractivity contribution in [2.75, 3.05) is 53.4 Å². The Balaban J connectivity index is 3.51. The topological polar surface area (TPSA) is 18.5 Å². The number of hydrogen-bond donors (Lipinski definition) is 1. The van der Waals surface area contributed by atoms with Crippen molar-refractivity contribution in [3.63, 3.8) is 0 Å². The molecule has 0 radical (unpaired) electrons. The van der Waals surface area contributed by atoms with E-state index in [2.05, 4.69) is 43.1 Å². The zero-order chi connectivity index (χ0) is 12.2. The van der Waals surface area contributed by atoms with Gasteiger partial charge in [0.25, 0.3) is 0 Å². The lowest BCUT2D eigenvalue weighted by molar-refractivity contribution is 0.237. The molecule has 0 aliphatic heterocycles. The van der Waals surface area contributed by atoms with E-state index in [9.17, 15) is 0 Å². The third-order valence-corrected chi connectivity index (χ3v) is 2.73. The monoisotopic (exact) mass is 229 g/mol. The molecule has 3 heteroatoms. The van der Waals surface area contributed by atoms with Crippen molar-refractivity contribution in [2.45, 2.75) is 33.1 Å². The van der Waals surface area contributed by atoms with Crippen molar-refractivity contribution in [1.82, 2.24) is 15.1 Å². The highest BCUT2D eigenvalue weighted by molar-refractivity contribution is 4.60. The maximum Gasteiger partial charge on any atom is 0.0109 e. The molecule has 3 nitrogen and oxygen atoms in total. The van der Waals surface area contributed by atoms with Crippen LogP contribution in [0.4, 0.5) is 0 Å². The normalized spacial score (nSPS) is 11.6. The van der Waals surface area contributed by atoms with Crippen LogP contribution in [0.25, 0.3) is 0 Å². The fourth-order valence-electron chi connectivity index (χ4n) is 1.76. The van der Waals surface area contributed by atoms with Crippen LogP contribution in [0.3, 0.4) is 0 Å². The third-order valence-electron chi connectivity index (χ3n) is 2.73. The lowest BCUT2D eigenvalue weighted by atomic mass is 10.2. The van der Waals surface area contributed by atoms with Gasteiger partial charge in [-0.15, -0.1) is 0 Å². The summed E-state index contributed by atoms with van der Waals surface area (Å²) in [6.07, 6.45) is 3.89. The summed E-state index contributed by atoms with van der Waals surface area (Å²) in [5.41, 5.74) is 0. The van der Waals surface area contributed by atoms with Crippen LogP contribution < -0.4 is 5.32 Å². The first-order chi connectivity index (χ1) is 7.70. The summed E-state index contributed by atoms with van der Waals surface area (Å²) in [6, 6.07) is 0. The molecule has 0 heterocycles. The van der Waals surface area contributed by atoms with E-state index in [0.29, 0.717) is 0 Å². The number of likely N-dealkylation sites (N-methyl/N-ethyl adjacent to an activating group) is 1. The molecule has 0 saturated heterocycles. The highest BCUT2D eigenvalue weighted by Gasteiger charge is 2.03. The Bertz CT molecular complexity index is 137. The van der Waals surface area contributed by atoms with Crippen LogP contribution in [0.5, 0.6) is 0 Å². The molecule has 1 N–H and O–H groups in total. The van der Waals surface area contributed by atoms with Gasteiger partial charge in [0.05, 0.1) is 0 Å². The quantitative estimate of drug-likeness (QED) is 0.544. The summed E-state index contributed by atoms with van der Waals surface area (Å²) in [7, 11) is 4.30. The number of hydrogen-bond acceptors (Lipinski definition) is 3. The Morgan fingerprint density at radius 3 is 2.19 bits per heavy atom. The molecule has 0 aromatic heterocycles. The second-order valence-corrected chi connectivity index (χ2v) is 4.71. The van der Waals surface area contributed by atoms with E-state index >= 15 is 0 Å². The standard InChI is InChI=1S/C13H31N3/c1-5-10-16(13-12-15(3)4)11-8-7-9-14-6-2/h14H,5-13H2,1-4H3. The van der Waals surface area contributed by atoms with E-state index in [1.165, 1.54) is 52.0 Å². The largest absolute Gasteiger partial charge is 0.317 e. The van der Waals surface area contributed by atoms with Crippen molar-refractivity contribution in [3.05, 3.63) is 0 Å². The molecule has 0 bridgehead atoms. The molecular formula is C13H31N3. The van der Waals surface area contributed by atoms with E-state index in [1.54, 1.807) is 0 Å². The number of nitrogens with zero attached hydrogens (tertiary/aromatic N) is 2. The van der Waals surface area contributed by atoms with E-state index in [4.69, 9.17) is 0 Å². The van der Waals surface area contributed by atoms with Gasteiger partial charge in [0.1, 0.15) is 0 Å². The van der Waals surface area contributed by atoms with Gasteiger partial charge >= 0.3 is 0 Å². The van der Waals surface area contributed by atoms with Crippen LogP contribution in [-0.2, 0) is 0 Å². The van der Waals surface area contributed by atoms with Gasteiger partial charge in [0.2, 0.25) is 0 Å². The van der Waals surface area contributed by atoms with Gasteiger partial charge in [-0.25, -0.2) is 0 Å². The molecule has 16 heavy (non-hydrogen) atoms. The first-order valence-electron chi connectivity index (χ1n) is 6.78. The van der Waals surface area contributed by atoms with Gasteiger partial charge in [-0.3, -0.25) is 0 Å². The summed E-state index contributed by atoms with van der Waals surface area (Å²) in [4.78, 5) is 4.85. The van der Waals surface area contributed by atoms with Crippen LogP contribution in [0.1, 0.15) is 33.1 Å². The van der Waals surface area contributed by atoms with Crippen LogP contribution in [-0.4, -0.2) is 63.2 Å². The maximum absolute atomic E-state index is 3.38. The molecular weight excluding hydrogens is 198 g/mol. The highest BCUT2D eigenvalue weighted by Crippen LogP contribution is 1.97. The molecule has 0 spiro atoms. The predicted octanol–water partition coefficient (Wildman–Crippen LogP) is 1.65. The first-order valence-corrected chi connectivity index (χ1v) is 6.78. The van der Waals surface area contributed by atoms with Gasteiger partial charge in [0, 0.05) is 13.1 Å². The highest BCUT2D eigenvalue weighted by atomic mass is 15.2. The van der Waals surface area contributed by atoms with Crippen LogP contribution >= 0.6 is 0 Å². The summed E-state index contributed by atoms with van der Waals surface area (Å²) in [6.45, 7) is 11.6. The third kappa shape index (κ3) is 10.4. The number of rotatable bonds is 11. The Kier molecular flexibility index (Phi) is 11.3. The fourth-order valence-corrected chi connectivity index (χ4v) is 1.76. The molecule has 0 aliphatic carbocycles. The van der Waals surface area contributed by atoms with E-state index in [-0.39, 0.29) is 0 Å². The summed E-state index contributed by atoms with van der Waals surface area (Å²) in [5.74, 6) is 0. The molecule has 0 aliphatic rings. The molecule has 0 fully saturated rings. The predicted molar refractivity (Wildman–Crippen MR) is 73.1 cm³/mol. The van der Waals surface area contributed by atoms with Gasteiger partial charge in [-0.1, -0.05) is 13.8 Å². The molecule has 0 aromatic rings. The van der Waals surface area contributed by atoms with Crippen molar-refractivity contribution in [1.29, 1.82) is 0 Å². The molecule has 0 amide bonds. The lowest BCUT2D eigenvalue weighted by Gasteiger charge is -2.23. The van der Waals surface area contributed by atoms with Crippen molar-refractivity contribution in [2.24, 2.45) is 0 Å². The zero-order valence-electron chi connectivity index (χ0n) is 11.8. The minimum Gasteiger partial charge on any atom is -0.317 e. The second-order valence-electron chi connectivity index (χ2n) is 4.71. The minimum absolute atomic E-state index is 1.10. The van der Waals surface area contributed by atoms with E-state index < -0.39 is 0 Å². The zero-order valence-corrected chi connectivity index (χ0v) is 11.8. The average Bonchev–Trinajstić information content (AvgIpc) is 2.25. The molecule has 0 unspecified atom stereocenters. The summed E-state index contributed by atoms with van der Waals surface area (Å²) >= 11 is 0. The smallest absolute Gasteiger partial charge is 0.0109 e.